The molecule has 106 valence electrons. The summed E-state index contributed by atoms with van der Waals surface area (Å²) in [5, 5.41) is 0. The van der Waals surface area contributed by atoms with Gasteiger partial charge in [-0.2, -0.15) is 26.3 Å². The van der Waals surface area contributed by atoms with Crippen LogP contribution in [-0.2, 0) is 9.59 Å². The lowest BCUT2D eigenvalue weighted by Gasteiger charge is -2.33. The number of hydrogen-bond donors (Lipinski definition) is 0. The number of Topliss-reactive ketones (excluding diaryl/α,β-unsaturated/α-hetero) is 2. The van der Waals surface area contributed by atoms with Crippen LogP contribution >= 0.6 is 0 Å². The quantitative estimate of drug-likeness (QED) is 0.574. The molecule has 9 heteroatoms. The van der Waals surface area contributed by atoms with Gasteiger partial charge in [0.15, 0.2) is 5.78 Å². The van der Waals surface area contributed by atoms with Crippen molar-refractivity contribution in [2.45, 2.75) is 32.1 Å². The Bertz CT molecular complexity index is 315. The van der Waals surface area contributed by atoms with Gasteiger partial charge in [-0.25, -0.2) is 4.39 Å². The highest BCUT2D eigenvalue weighted by Gasteiger charge is 2.75. The summed E-state index contributed by atoms with van der Waals surface area (Å²) in [6, 6.07) is 0. The van der Waals surface area contributed by atoms with E-state index in [1.165, 1.54) is 0 Å². The molecule has 0 saturated heterocycles. The van der Waals surface area contributed by atoms with Crippen molar-refractivity contribution >= 4 is 11.6 Å². The summed E-state index contributed by atoms with van der Waals surface area (Å²) in [4.78, 5) is 21.8. The SMILES string of the molecule is CCC(=O)CC(=O)C(CF)(C(F)(F)F)C(F)(F)F. The average molecular weight is 282 g/mol. The lowest BCUT2D eigenvalue weighted by atomic mass is 9.80. The molecule has 0 aromatic rings. The Balaban J connectivity index is 5.62. The van der Waals surface area contributed by atoms with Crippen molar-refractivity contribution in [2.75, 3.05) is 6.67 Å². The first kappa shape index (κ1) is 16.9. The topological polar surface area (TPSA) is 34.1 Å². The predicted molar refractivity (Wildman–Crippen MR) is 45.4 cm³/mol. The zero-order valence-corrected chi connectivity index (χ0v) is 9.08. The number of carbonyl (C=O) groups excluding carboxylic acids is 2. The summed E-state index contributed by atoms with van der Waals surface area (Å²) >= 11 is 0. The Labute approximate surface area is 97.1 Å². The van der Waals surface area contributed by atoms with Gasteiger partial charge in [0.2, 0.25) is 5.41 Å². The first-order chi connectivity index (χ1) is 7.94. The fourth-order valence-corrected chi connectivity index (χ4v) is 1.16. The molecule has 0 aliphatic carbocycles. The highest BCUT2D eigenvalue weighted by Crippen LogP contribution is 2.51. The van der Waals surface area contributed by atoms with Crippen molar-refractivity contribution in [3.05, 3.63) is 0 Å². The number of alkyl halides is 7. The Morgan fingerprint density at radius 1 is 0.944 bits per heavy atom. The summed E-state index contributed by atoms with van der Waals surface area (Å²) < 4.78 is 86.6. The second kappa shape index (κ2) is 5.23. The van der Waals surface area contributed by atoms with Crippen LogP contribution in [0.4, 0.5) is 30.7 Å². The van der Waals surface area contributed by atoms with Gasteiger partial charge >= 0.3 is 12.4 Å². The molecule has 0 N–H and O–H groups in total. The average Bonchev–Trinajstić information content (AvgIpc) is 2.14. The molecule has 0 aromatic carbocycles. The molecule has 2 nitrogen and oxygen atoms in total. The van der Waals surface area contributed by atoms with Crippen LogP contribution in [0.25, 0.3) is 0 Å². The van der Waals surface area contributed by atoms with Crippen LogP contribution in [0.1, 0.15) is 19.8 Å². The Morgan fingerprint density at radius 3 is 1.56 bits per heavy atom. The Morgan fingerprint density at radius 2 is 1.33 bits per heavy atom. The minimum Gasteiger partial charge on any atom is -0.299 e. The molecule has 0 atom stereocenters. The number of ketones is 2. The van der Waals surface area contributed by atoms with Crippen molar-refractivity contribution in [3.8, 4) is 0 Å². The van der Waals surface area contributed by atoms with Gasteiger partial charge in [-0.3, -0.25) is 9.59 Å². The second-order valence-corrected chi connectivity index (χ2v) is 3.53. The smallest absolute Gasteiger partial charge is 0.299 e. The van der Waals surface area contributed by atoms with E-state index in [9.17, 15) is 40.3 Å². The van der Waals surface area contributed by atoms with E-state index in [2.05, 4.69) is 0 Å². The standard InChI is InChI=1S/C9H9F7O2/c1-2-5(17)3-6(18)7(4-10,8(11,12)13)9(14,15)16/h2-4H2,1H3. The highest BCUT2D eigenvalue weighted by molar-refractivity contribution is 6.02. The summed E-state index contributed by atoms with van der Waals surface area (Å²) in [7, 11) is 0. The van der Waals surface area contributed by atoms with Crippen molar-refractivity contribution in [1.29, 1.82) is 0 Å². The molecule has 0 aliphatic rings. The Hall–Kier alpha value is -1.15. The minimum atomic E-state index is -6.15. The molecule has 0 heterocycles. The number of rotatable bonds is 5. The summed E-state index contributed by atoms with van der Waals surface area (Å²) in [6.45, 7) is -1.82. The lowest BCUT2D eigenvalue weighted by molar-refractivity contribution is -0.327. The normalized spacial score (nSPS) is 13.6. The van der Waals surface area contributed by atoms with Crippen molar-refractivity contribution in [2.24, 2.45) is 5.41 Å². The van der Waals surface area contributed by atoms with E-state index >= 15 is 0 Å². The van der Waals surface area contributed by atoms with Crippen LogP contribution in [0, 0.1) is 5.41 Å². The van der Waals surface area contributed by atoms with E-state index in [4.69, 9.17) is 0 Å². The van der Waals surface area contributed by atoms with E-state index in [0.29, 0.717) is 0 Å². The van der Waals surface area contributed by atoms with Crippen LogP contribution in [0.3, 0.4) is 0 Å². The molecular formula is C9H9F7O2. The molecule has 0 aromatic heterocycles. The van der Waals surface area contributed by atoms with Crippen LogP contribution in [0.2, 0.25) is 0 Å². The first-order valence-electron chi connectivity index (χ1n) is 4.68. The third-order valence-electron chi connectivity index (χ3n) is 2.40. The predicted octanol–water partition coefficient (Wildman–Crippen LogP) is 3.01. The summed E-state index contributed by atoms with van der Waals surface area (Å²) in [5.41, 5.74) is -5.12. The van der Waals surface area contributed by atoms with Gasteiger partial charge < -0.3 is 0 Å². The van der Waals surface area contributed by atoms with Gasteiger partial charge in [0.1, 0.15) is 12.5 Å². The molecule has 18 heavy (non-hydrogen) atoms. The number of carbonyl (C=O) groups is 2. The zero-order valence-electron chi connectivity index (χ0n) is 9.08. The van der Waals surface area contributed by atoms with Crippen molar-refractivity contribution in [1.82, 2.24) is 0 Å². The lowest BCUT2D eigenvalue weighted by Crippen LogP contribution is -2.57. The largest absolute Gasteiger partial charge is 0.412 e. The van der Waals surface area contributed by atoms with Crippen LogP contribution in [-0.4, -0.2) is 30.6 Å². The van der Waals surface area contributed by atoms with E-state index in [1.807, 2.05) is 0 Å². The maximum absolute atomic E-state index is 12.4. The zero-order chi connectivity index (χ0) is 14.8. The van der Waals surface area contributed by atoms with Gasteiger partial charge in [0.05, 0.1) is 6.42 Å². The molecule has 0 aliphatic heterocycles. The van der Waals surface area contributed by atoms with Crippen LogP contribution in [0.5, 0.6) is 0 Å². The molecule has 0 unspecified atom stereocenters. The van der Waals surface area contributed by atoms with E-state index in [-0.39, 0.29) is 0 Å². The van der Waals surface area contributed by atoms with Gasteiger partial charge in [0.25, 0.3) is 0 Å². The molecule has 0 fully saturated rings. The molecular weight excluding hydrogens is 273 g/mol. The summed E-state index contributed by atoms with van der Waals surface area (Å²) in [6.07, 6.45) is -14.3. The molecule has 0 rings (SSSR count). The highest BCUT2D eigenvalue weighted by atomic mass is 19.4. The van der Waals surface area contributed by atoms with E-state index in [0.717, 1.165) is 6.92 Å². The first-order valence-corrected chi connectivity index (χ1v) is 4.68. The van der Waals surface area contributed by atoms with E-state index in [1.54, 1.807) is 0 Å². The van der Waals surface area contributed by atoms with Gasteiger partial charge in [-0.05, 0) is 0 Å². The molecule has 0 amide bonds. The monoisotopic (exact) mass is 282 g/mol. The number of halogens is 7. The van der Waals surface area contributed by atoms with Gasteiger partial charge in [-0.15, -0.1) is 0 Å². The third-order valence-corrected chi connectivity index (χ3v) is 2.40. The number of hydrogen-bond acceptors (Lipinski definition) is 2. The van der Waals surface area contributed by atoms with Gasteiger partial charge in [0, 0.05) is 6.42 Å². The minimum absolute atomic E-state index is 0.413. The maximum atomic E-state index is 12.4. The van der Waals surface area contributed by atoms with Gasteiger partial charge in [-0.1, -0.05) is 6.92 Å². The maximum Gasteiger partial charge on any atom is 0.412 e. The van der Waals surface area contributed by atoms with Crippen LogP contribution in [0.15, 0.2) is 0 Å². The molecule has 0 bridgehead atoms. The fraction of sp³-hybridized carbons (Fsp3) is 0.778. The summed E-state index contributed by atoms with van der Waals surface area (Å²) in [5.74, 6) is -3.64. The van der Waals surface area contributed by atoms with Crippen LogP contribution < -0.4 is 0 Å². The molecule has 0 radical (unpaired) electrons. The Kier molecular flexibility index (Phi) is 4.90. The molecule has 0 saturated carbocycles. The third kappa shape index (κ3) is 2.81. The fourth-order valence-electron chi connectivity index (χ4n) is 1.16. The second-order valence-electron chi connectivity index (χ2n) is 3.53. The van der Waals surface area contributed by atoms with Crippen molar-refractivity contribution in [3.63, 3.8) is 0 Å². The molecule has 0 spiro atoms. The van der Waals surface area contributed by atoms with E-state index < -0.39 is 48.9 Å². The van der Waals surface area contributed by atoms with Crippen molar-refractivity contribution < 1.29 is 40.3 Å².